The van der Waals surface area contributed by atoms with Crippen molar-refractivity contribution in [2.45, 2.75) is 6.10 Å². The molecular formula is C8H10N6O. The van der Waals surface area contributed by atoms with E-state index in [0.29, 0.717) is 12.4 Å². The number of aromatic nitrogens is 2. The number of ether oxygens (including phenoxy) is 1. The second-order valence-electron chi connectivity index (χ2n) is 2.87. The second kappa shape index (κ2) is 4.01. The van der Waals surface area contributed by atoms with Crippen molar-refractivity contribution in [3.63, 3.8) is 0 Å². The largest absolute Gasteiger partial charge is 0.366 e. The highest BCUT2D eigenvalue weighted by molar-refractivity contribution is 5.76. The van der Waals surface area contributed by atoms with Crippen molar-refractivity contribution in [2.75, 3.05) is 11.6 Å². The molecule has 1 atom stereocenters. The van der Waals surface area contributed by atoms with Crippen molar-refractivity contribution in [1.29, 1.82) is 0 Å². The molecule has 0 saturated carbocycles. The fourth-order valence-electron chi connectivity index (χ4n) is 1.07. The van der Waals surface area contributed by atoms with Gasteiger partial charge in [-0.15, -0.1) is 0 Å². The van der Waals surface area contributed by atoms with Gasteiger partial charge in [0.1, 0.15) is 12.4 Å². The Kier molecular flexibility index (Phi) is 2.55. The zero-order valence-electron chi connectivity index (χ0n) is 7.95. The van der Waals surface area contributed by atoms with Gasteiger partial charge < -0.3 is 10.6 Å². The Morgan fingerprint density at radius 1 is 1.60 bits per heavy atom. The molecule has 0 aliphatic carbocycles. The van der Waals surface area contributed by atoms with Gasteiger partial charge in [0.15, 0.2) is 5.82 Å². The van der Waals surface area contributed by atoms with E-state index in [4.69, 9.17) is 10.6 Å². The normalized spacial score (nSPS) is 19.1. The number of hydrogen-bond donors (Lipinski definition) is 1. The molecule has 1 saturated heterocycles. The van der Waals surface area contributed by atoms with E-state index in [2.05, 4.69) is 26.9 Å². The maximum Gasteiger partial charge on any atom is 0.173 e. The topological polar surface area (TPSA) is 92.3 Å². The van der Waals surface area contributed by atoms with Gasteiger partial charge in [-0.25, -0.2) is 9.99 Å². The van der Waals surface area contributed by atoms with Gasteiger partial charge in [0.25, 0.3) is 0 Å². The molecule has 1 aliphatic heterocycles. The molecule has 0 radical (unpaired) electrons. The maximum atomic E-state index is 5.07. The van der Waals surface area contributed by atoms with Crippen molar-refractivity contribution in [3.05, 3.63) is 18.1 Å². The van der Waals surface area contributed by atoms with Crippen LogP contribution in [-0.4, -0.2) is 29.6 Å². The average molecular weight is 206 g/mol. The van der Waals surface area contributed by atoms with E-state index in [1.165, 1.54) is 11.3 Å². The van der Waals surface area contributed by atoms with Crippen LogP contribution in [0.25, 0.3) is 0 Å². The minimum atomic E-state index is 0.0971. The molecule has 2 N–H and O–H groups in total. The fourth-order valence-corrected chi connectivity index (χ4v) is 1.07. The highest BCUT2D eigenvalue weighted by Crippen LogP contribution is 2.27. The molecule has 78 valence electrons. The predicted octanol–water partition coefficient (Wildman–Crippen LogP) is -0.128. The van der Waals surface area contributed by atoms with Gasteiger partial charge >= 0.3 is 0 Å². The molecule has 1 aromatic rings. The van der Waals surface area contributed by atoms with E-state index in [1.807, 2.05) is 0 Å². The third-order valence-electron chi connectivity index (χ3n) is 1.88. The number of anilines is 1. The molecule has 1 fully saturated rings. The van der Waals surface area contributed by atoms with Crippen molar-refractivity contribution in [2.24, 2.45) is 16.0 Å². The highest BCUT2D eigenvalue weighted by Gasteiger charge is 2.26. The Labute approximate surface area is 86.3 Å². The highest BCUT2D eigenvalue weighted by atomic mass is 16.6. The molecule has 0 unspecified atom stereocenters. The Morgan fingerprint density at radius 2 is 2.40 bits per heavy atom. The zero-order chi connectivity index (χ0) is 10.7. The third-order valence-corrected chi connectivity index (χ3v) is 1.88. The standard InChI is InChI=1S/C8H10N6O/c1-10-14(5-13-9)8-3-11-6(2-12-8)7-4-15-7/h2-3,5,7H,1,4,9H2/b13-5-/t7-/m1/s1. The van der Waals surface area contributed by atoms with Crippen LogP contribution in [0.2, 0.25) is 0 Å². The van der Waals surface area contributed by atoms with E-state index in [-0.39, 0.29) is 6.10 Å². The molecule has 2 heterocycles. The molecule has 7 nitrogen and oxygen atoms in total. The fraction of sp³-hybridized carbons (Fsp3) is 0.250. The van der Waals surface area contributed by atoms with Crippen LogP contribution in [0.3, 0.4) is 0 Å². The summed E-state index contributed by atoms with van der Waals surface area (Å²) in [6.45, 7) is 4.07. The number of epoxide rings is 1. The van der Waals surface area contributed by atoms with Gasteiger partial charge in [-0.3, -0.25) is 4.98 Å². The molecule has 1 aromatic heterocycles. The van der Waals surface area contributed by atoms with Gasteiger partial charge in [-0.1, -0.05) is 0 Å². The summed E-state index contributed by atoms with van der Waals surface area (Å²) < 4.78 is 5.07. The van der Waals surface area contributed by atoms with E-state index in [1.54, 1.807) is 12.4 Å². The summed E-state index contributed by atoms with van der Waals surface area (Å²) in [7, 11) is 0. The van der Waals surface area contributed by atoms with Crippen LogP contribution in [0, 0.1) is 0 Å². The average Bonchev–Trinajstić information content (AvgIpc) is 3.10. The van der Waals surface area contributed by atoms with Crippen LogP contribution in [0.1, 0.15) is 11.8 Å². The summed E-state index contributed by atoms with van der Waals surface area (Å²) >= 11 is 0. The Hall–Kier alpha value is -2.02. The third kappa shape index (κ3) is 2.08. The molecule has 15 heavy (non-hydrogen) atoms. The van der Waals surface area contributed by atoms with Gasteiger partial charge in [-0.2, -0.15) is 10.2 Å². The van der Waals surface area contributed by atoms with Crippen molar-refractivity contribution in [3.8, 4) is 0 Å². The minimum Gasteiger partial charge on any atom is -0.366 e. The first kappa shape index (κ1) is 9.53. The van der Waals surface area contributed by atoms with Crippen LogP contribution in [0.5, 0.6) is 0 Å². The summed E-state index contributed by atoms with van der Waals surface area (Å²) in [6, 6.07) is 0. The van der Waals surface area contributed by atoms with Crippen molar-refractivity contribution < 1.29 is 4.74 Å². The summed E-state index contributed by atoms with van der Waals surface area (Å²) in [6.07, 6.45) is 4.59. The van der Waals surface area contributed by atoms with E-state index in [0.717, 1.165) is 5.69 Å². The van der Waals surface area contributed by atoms with Crippen LogP contribution >= 0.6 is 0 Å². The quantitative estimate of drug-likeness (QED) is 0.243. The molecule has 2 rings (SSSR count). The first-order valence-electron chi connectivity index (χ1n) is 4.28. The summed E-state index contributed by atoms with van der Waals surface area (Å²) in [5.74, 6) is 5.51. The van der Waals surface area contributed by atoms with Gasteiger partial charge in [0, 0.05) is 6.72 Å². The first-order valence-corrected chi connectivity index (χ1v) is 4.28. The Bertz CT molecular complexity index is 371. The lowest BCUT2D eigenvalue weighted by Crippen LogP contribution is -2.15. The molecule has 7 heteroatoms. The van der Waals surface area contributed by atoms with Crippen molar-refractivity contribution in [1.82, 2.24) is 9.97 Å². The lowest BCUT2D eigenvalue weighted by molar-refractivity contribution is 0.411. The lowest BCUT2D eigenvalue weighted by Gasteiger charge is -2.09. The van der Waals surface area contributed by atoms with Gasteiger partial charge in [0.05, 0.1) is 24.7 Å². The summed E-state index contributed by atoms with van der Waals surface area (Å²) in [5, 5.41) is 8.31. The second-order valence-corrected chi connectivity index (χ2v) is 2.87. The summed E-state index contributed by atoms with van der Waals surface area (Å²) in [4.78, 5) is 8.30. The smallest absolute Gasteiger partial charge is 0.173 e. The number of rotatable bonds is 4. The number of nitrogens with zero attached hydrogens (tertiary/aromatic N) is 5. The minimum absolute atomic E-state index is 0.0971. The van der Waals surface area contributed by atoms with Gasteiger partial charge in [-0.05, 0) is 0 Å². The molecule has 0 amide bonds. The van der Waals surface area contributed by atoms with Gasteiger partial charge in [0.2, 0.25) is 0 Å². The monoisotopic (exact) mass is 206 g/mol. The van der Waals surface area contributed by atoms with E-state index >= 15 is 0 Å². The lowest BCUT2D eigenvalue weighted by atomic mass is 10.3. The Morgan fingerprint density at radius 3 is 2.87 bits per heavy atom. The Balaban J connectivity index is 2.17. The predicted molar refractivity (Wildman–Crippen MR) is 55.4 cm³/mol. The van der Waals surface area contributed by atoms with Crippen LogP contribution in [0.15, 0.2) is 22.6 Å². The number of hydrogen-bond acceptors (Lipinski definition) is 6. The summed E-state index contributed by atoms with van der Waals surface area (Å²) in [5.41, 5.74) is 0.812. The van der Waals surface area contributed by atoms with E-state index < -0.39 is 0 Å². The SMILES string of the molecule is C=NN(/C=N\N)c1cnc([C@H]2CO2)cn1. The van der Waals surface area contributed by atoms with E-state index in [9.17, 15) is 0 Å². The first-order chi connectivity index (χ1) is 7.35. The number of nitrogens with two attached hydrogens (primary N) is 1. The van der Waals surface area contributed by atoms with Crippen LogP contribution in [0.4, 0.5) is 5.82 Å². The van der Waals surface area contributed by atoms with Crippen LogP contribution < -0.4 is 10.9 Å². The molecule has 1 aliphatic rings. The zero-order valence-corrected chi connectivity index (χ0v) is 7.95. The molecule has 0 spiro atoms. The van der Waals surface area contributed by atoms with Crippen LogP contribution in [-0.2, 0) is 4.74 Å². The number of hydrazone groups is 2. The molecular weight excluding hydrogens is 196 g/mol. The van der Waals surface area contributed by atoms with Crippen molar-refractivity contribution >= 4 is 18.9 Å². The molecule has 0 aromatic carbocycles. The maximum absolute atomic E-state index is 5.07. The molecule has 0 bridgehead atoms.